The van der Waals surface area contributed by atoms with E-state index in [0.29, 0.717) is 0 Å². The van der Waals surface area contributed by atoms with Gasteiger partial charge in [0.1, 0.15) is 0 Å². The van der Waals surface area contributed by atoms with Crippen LogP contribution in [0.15, 0.2) is 48.5 Å². The van der Waals surface area contributed by atoms with Crippen LogP contribution in [0.25, 0.3) is 11.1 Å². The standard InChI is InChI=1S/C17H19N/c1-13-3-2-4-16(11-13)15-7-5-14(6-8-15)12-18-17-9-10-17/h2-8,11,17-18H,9-10,12H2,1H3. The fraction of sp³-hybridized carbons (Fsp3) is 0.294. The molecule has 92 valence electrons. The van der Waals surface area contributed by atoms with Crippen molar-refractivity contribution >= 4 is 0 Å². The van der Waals surface area contributed by atoms with Crippen molar-refractivity contribution in [1.82, 2.24) is 5.32 Å². The van der Waals surface area contributed by atoms with Gasteiger partial charge in [0, 0.05) is 12.6 Å². The van der Waals surface area contributed by atoms with Crippen LogP contribution in [0.4, 0.5) is 0 Å². The number of aryl methyl sites for hydroxylation is 1. The molecule has 0 spiro atoms. The first-order valence-corrected chi connectivity index (χ1v) is 6.71. The van der Waals surface area contributed by atoms with Crippen LogP contribution in [0.3, 0.4) is 0 Å². The van der Waals surface area contributed by atoms with E-state index in [4.69, 9.17) is 0 Å². The second kappa shape index (κ2) is 4.95. The van der Waals surface area contributed by atoms with E-state index < -0.39 is 0 Å². The van der Waals surface area contributed by atoms with Gasteiger partial charge in [0.25, 0.3) is 0 Å². The average molecular weight is 237 g/mol. The molecule has 2 aromatic rings. The summed E-state index contributed by atoms with van der Waals surface area (Å²) in [5.41, 5.74) is 5.29. The highest BCUT2D eigenvalue weighted by Crippen LogP contribution is 2.22. The third-order valence-corrected chi connectivity index (χ3v) is 3.48. The van der Waals surface area contributed by atoms with Crippen LogP contribution in [0, 0.1) is 6.92 Å². The summed E-state index contributed by atoms with van der Waals surface area (Å²) in [5.74, 6) is 0. The molecular formula is C17H19N. The Balaban J connectivity index is 1.73. The second-order valence-corrected chi connectivity index (χ2v) is 5.22. The molecule has 1 fully saturated rings. The summed E-state index contributed by atoms with van der Waals surface area (Å²) in [4.78, 5) is 0. The van der Waals surface area contributed by atoms with E-state index in [1.807, 2.05) is 0 Å². The van der Waals surface area contributed by atoms with E-state index in [-0.39, 0.29) is 0 Å². The first kappa shape index (κ1) is 11.5. The van der Waals surface area contributed by atoms with Crippen molar-refractivity contribution in [1.29, 1.82) is 0 Å². The van der Waals surface area contributed by atoms with Crippen LogP contribution in [0.5, 0.6) is 0 Å². The molecule has 0 aliphatic heterocycles. The Bertz CT molecular complexity index is 524. The van der Waals surface area contributed by atoms with Gasteiger partial charge in [-0.2, -0.15) is 0 Å². The van der Waals surface area contributed by atoms with Gasteiger partial charge in [0.05, 0.1) is 0 Å². The van der Waals surface area contributed by atoms with Crippen LogP contribution in [-0.2, 0) is 6.54 Å². The van der Waals surface area contributed by atoms with Crippen LogP contribution < -0.4 is 5.32 Å². The molecule has 1 N–H and O–H groups in total. The molecule has 18 heavy (non-hydrogen) atoms. The van der Waals surface area contributed by atoms with Gasteiger partial charge in [-0.25, -0.2) is 0 Å². The van der Waals surface area contributed by atoms with E-state index in [2.05, 4.69) is 60.8 Å². The summed E-state index contributed by atoms with van der Waals surface area (Å²) < 4.78 is 0. The first-order valence-electron chi connectivity index (χ1n) is 6.71. The number of benzene rings is 2. The summed E-state index contributed by atoms with van der Waals surface area (Å²) in [6.45, 7) is 3.14. The maximum absolute atomic E-state index is 3.54. The number of nitrogens with one attached hydrogen (secondary N) is 1. The molecule has 1 aliphatic rings. The van der Waals surface area contributed by atoms with Gasteiger partial charge in [-0.05, 0) is 36.5 Å². The second-order valence-electron chi connectivity index (χ2n) is 5.22. The molecular weight excluding hydrogens is 218 g/mol. The van der Waals surface area contributed by atoms with Gasteiger partial charge in [0.2, 0.25) is 0 Å². The molecule has 1 saturated carbocycles. The van der Waals surface area contributed by atoms with Gasteiger partial charge in [-0.3, -0.25) is 0 Å². The van der Waals surface area contributed by atoms with Crippen molar-refractivity contribution in [3.63, 3.8) is 0 Å². The van der Waals surface area contributed by atoms with Gasteiger partial charge in [0.15, 0.2) is 0 Å². The molecule has 0 aromatic heterocycles. The Morgan fingerprint density at radius 3 is 2.44 bits per heavy atom. The monoisotopic (exact) mass is 237 g/mol. The summed E-state index contributed by atoms with van der Waals surface area (Å²) >= 11 is 0. The van der Waals surface area contributed by atoms with E-state index in [9.17, 15) is 0 Å². The molecule has 0 heterocycles. The number of hydrogen-bond donors (Lipinski definition) is 1. The highest BCUT2D eigenvalue weighted by Gasteiger charge is 2.19. The van der Waals surface area contributed by atoms with E-state index in [1.165, 1.54) is 35.1 Å². The lowest BCUT2D eigenvalue weighted by Gasteiger charge is -2.06. The Hall–Kier alpha value is -1.60. The molecule has 0 bridgehead atoms. The predicted molar refractivity (Wildman–Crippen MR) is 76.5 cm³/mol. The normalized spacial score (nSPS) is 14.7. The zero-order valence-electron chi connectivity index (χ0n) is 10.8. The Kier molecular flexibility index (Phi) is 3.16. The lowest BCUT2D eigenvalue weighted by Crippen LogP contribution is -2.14. The molecule has 3 rings (SSSR count). The highest BCUT2D eigenvalue weighted by atomic mass is 14.9. The lowest BCUT2D eigenvalue weighted by molar-refractivity contribution is 0.688. The molecule has 1 heteroatoms. The van der Waals surface area contributed by atoms with Crippen molar-refractivity contribution in [3.8, 4) is 11.1 Å². The largest absolute Gasteiger partial charge is 0.310 e. The van der Waals surface area contributed by atoms with E-state index >= 15 is 0 Å². The van der Waals surface area contributed by atoms with Gasteiger partial charge >= 0.3 is 0 Å². The molecule has 0 saturated heterocycles. The zero-order valence-corrected chi connectivity index (χ0v) is 10.8. The predicted octanol–water partition coefficient (Wildman–Crippen LogP) is 3.91. The van der Waals surface area contributed by atoms with Crippen LogP contribution in [0.2, 0.25) is 0 Å². The SMILES string of the molecule is Cc1cccc(-c2ccc(CNC3CC3)cc2)c1. The van der Waals surface area contributed by atoms with Crippen molar-refractivity contribution in [2.45, 2.75) is 32.4 Å². The highest BCUT2D eigenvalue weighted by molar-refractivity contribution is 5.64. The third-order valence-electron chi connectivity index (χ3n) is 3.48. The van der Waals surface area contributed by atoms with Gasteiger partial charge < -0.3 is 5.32 Å². The fourth-order valence-electron chi connectivity index (χ4n) is 2.19. The number of hydrogen-bond acceptors (Lipinski definition) is 1. The van der Waals surface area contributed by atoms with Crippen molar-refractivity contribution in [2.75, 3.05) is 0 Å². The minimum Gasteiger partial charge on any atom is -0.310 e. The number of rotatable bonds is 4. The summed E-state index contributed by atoms with van der Waals surface area (Å²) in [6, 6.07) is 18.3. The summed E-state index contributed by atoms with van der Waals surface area (Å²) in [6.07, 6.45) is 2.70. The summed E-state index contributed by atoms with van der Waals surface area (Å²) in [7, 11) is 0. The minimum absolute atomic E-state index is 0.779. The fourth-order valence-corrected chi connectivity index (χ4v) is 2.19. The van der Waals surface area contributed by atoms with E-state index in [0.717, 1.165) is 12.6 Å². The molecule has 2 aromatic carbocycles. The van der Waals surface area contributed by atoms with Crippen molar-refractivity contribution in [3.05, 3.63) is 59.7 Å². The summed E-state index contributed by atoms with van der Waals surface area (Å²) in [5, 5.41) is 3.54. The maximum Gasteiger partial charge on any atom is 0.0208 e. The molecule has 1 nitrogen and oxygen atoms in total. The molecule has 0 atom stereocenters. The van der Waals surface area contributed by atoms with Gasteiger partial charge in [-0.1, -0.05) is 54.1 Å². The Morgan fingerprint density at radius 2 is 1.78 bits per heavy atom. The topological polar surface area (TPSA) is 12.0 Å². The quantitative estimate of drug-likeness (QED) is 0.850. The van der Waals surface area contributed by atoms with Crippen LogP contribution in [0.1, 0.15) is 24.0 Å². The molecule has 0 radical (unpaired) electrons. The third kappa shape index (κ3) is 2.80. The average Bonchev–Trinajstić information content (AvgIpc) is 3.21. The molecule has 0 unspecified atom stereocenters. The molecule has 1 aliphatic carbocycles. The first-order chi connectivity index (χ1) is 8.81. The van der Waals surface area contributed by atoms with E-state index in [1.54, 1.807) is 0 Å². The zero-order chi connectivity index (χ0) is 12.4. The molecule has 0 amide bonds. The smallest absolute Gasteiger partial charge is 0.0208 e. The minimum atomic E-state index is 0.779. The van der Waals surface area contributed by atoms with Gasteiger partial charge in [-0.15, -0.1) is 0 Å². The maximum atomic E-state index is 3.54. The van der Waals surface area contributed by atoms with Crippen LogP contribution >= 0.6 is 0 Å². The Labute approximate surface area is 109 Å². The van der Waals surface area contributed by atoms with Crippen LogP contribution in [-0.4, -0.2) is 6.04 Å². The Morgan fingerprint density at radius 1 is 1.00 bits per heavy atom. The van der Waals surface area contributed by atoms with Crippen molar-refractivity contribution < 1.29 is 0 Å². The lowest BCUT2D eigenvalue weighted by atomic mass is 10.0. The van der Waals surface area contributed by atoms with Crippen molar-refractivity contribution in [2.24, 2.45) is 0 Å².